The largest absolute Gasteiger partial charge is 0.324 e. The van der Waals surface area contributed by atoms with Crippen LogP contribution in [0.5, 0.6) is 0 Å². The van der Waals surface area contributed by atoms with E-state index in [4.69, 9.17) is 11.6 Å². The number of fused-ring (bicyclic) bond motifs is 1. The zero-order valence-corrected chi connectivity index (χ0v) is 16.2. The maximum atomic E-state index is 13.5. The molecule has 1 aliphatic heterocycles. The van der Waals surface area contributed by atoms with Crippen LogP contribution in [0, 0.1) is 24.4 Å². The predicted molar refractivity (Wildman–Crippen MR) is 105 cm³/mol. The second-order valence-corrected chi connectivity index (χ2v) is 7.22. The number of hydrogen-bond acceptors (Lipinski definition) is 3. The van der Waals surface area contributed by atoms with E-state index < -0.39 is 35.3 Å². The summed E-state index contributed by atoms with van der Waals surface area (Å²) in [6.45, 7) is 1.74. The van der Waals surface area contributed by atoms with Crippen molar-refractivity contribution in [2.24, 2.45) is 0 Å². The predicted octanol–water partition coefficient (Wildman–Crippen LogP) is 4.45. The molecule has 4 rings (SSSR count). The lowest BCUT2D eigenvalue weighted by molar-refractivity contribution is -0.125. The SMILES string of the molecule is Cc1c(-c2cccc(Cl)c2)nn2c1NC(=O)C[C@H]2C(=O)Nc1cc(F)c(F)c(F)c1. The summed E-state index contributed by atoms with van der Waals surface area (Å²) >= 11 is 6.05. The van der Waals surface area contributed by atoms with E-state index in [1.54, 1.807) is 31.2 Å². The van der Waals surface area contributed by atoms with E-state index in [-0.39, 0.29) is 12.1 Å². The van der Waals surface area contributed by atoms with Crippen LogP contribution in [0.2, 0.25) is 5.02 Å². The smallest absolute Gasteiger partial charge is 0.249 e. The third kappa shape index (κ3) is 3.52. The number of carbonyl (C=O) groups is 2. The summed E-state index contributed by atoms with van der Waals surface area (Å²) in [5.41, 5.74) is 1.56. The molecule has 2 heterocycles. The average Bonchev–Trinajstić information content (AvgIpc) is 3.02. The van der Waals surface area contributed by atoms with Gasteiger partial charge >= 0.3 is 0 Å². The minimum Gasteiger partial charge on any atom is -0.324 e. The maximum absolute atomic E-state index is 13.5. The van der Waals surface area contributed by atoms with Gasteiger partial charge in [0, 0.05) is 34.0 Å². The van der Waals surface area contributed by atoms with Gasteiger partial charge in [-0.2, -0.15) is 5.10 Å². The van der Waals surface area contributed by atoms with Crippen molar-refractivity contribution < 1.29 is 22.8 Å². The highest BCUT2D eigenvalue weighted by molar-refractivity contribution is 6.30. The summed E-state index contributed by atoms with van der Waals surface area (Å²) in [4.78, 5) is 25.0. The molecule has 0 radical (unpaired) electrons. The van der Waals surface area contributed by atoms with Crippen LogP contribution in [0.3, 0.4) is 0 Å². The summed E-state index contributed by atoms with van der Waals surface area (Å²) in [5.74, 6) is -5.33. The molecule has 1 atom stereocenters. The molecule has 0 saturated carbocycles. The van der Waals surface area contributed by atoms with E-state index in [0.717, 1.165) is 0 Å². The van der Waals surface area contributed by atoms with Crippen molar-refractivity contribution >= 4 is 34.9 Å². The Morgan fingerprint density at radius 3 is 2.60 bits per heavy atom. The van der Waals surface area contributed by atoms with Crippen molar-refractivity contribution in [1.82, 2.24) is 9.78 Å². The first-order chi connectivity index (χ1) is 14.2. The topological polar surface area (TPSA) is 76.0 Å². The molecular weight excluding hydrogens is 421 g/mol. The fraction of sp³-hybridized carbons (Fsp3) is 0.150. The van der Waals surface area contributed by atoms with Gasteiger partial charge in [0.15, 0.2) is 17.5 Å². The molecule has 2 aromatic carbocycles. The zero-order valence-electron chi connectivity index (χ0n) is 15.5. The second-order valence-electron chi connectivity index (χ2n) is 6.79. The fourth-order valence-electron chi connectivity index (χ4n) is 3.31. The van der Waals surface area contributed by atoms with Crippen LogP contribution in [0.1, 0.15) is 18.0 Å². The first-order valence-electron chi connectivity index (χ1n) is 8.85. The van der Waals surface area contributed by atoms with Crippen molar-refractivity contribution in [1.29, 1.82) is 0 Å². The number of carbonyl (C=O) groups excluding carboxylic acids is 2. The fourth-order valence-corrected chi connectivity index (χ4v) is 3.50. The van der Waals surface area contributed by atoms with E-state index >= 15 is 0 Å². The Morgan fingerprint density at radius 1 is 1.23 bits per heavy atom. The zero-order chi connectivity index (χ0) is 21.6. The molecule has 1 aliphatic rings. The minimum absolute atomic E-state index is 0.235. The highest BCUT2D eigenvalue weighted by atomic mass is 35.5. The monoisotopic (exact) mass is 434 g/mol. The molecule has 0 spiro atoms. The number of halogens is 4. The molecule has 30 heavy (non-hydrogen) atoms. The molecule has 0 saturated heterocycles. The lowest BCUT2D eigenvalue weighted by atomic mass is 10.1. The van der Waals surface area contributed by atoms with Gasteiger partial charge in [0.25, 0.3) is 0 Å². The highest BCUT2D eigenvalue weighted by Gasteiger charge is 2.34. The third-order valence-electron chi connectivity index (χ3n) is 4.73. The first-order valence-corrected chi connectivity index (χ1v) is 9.22. The normalized spacial score (nSPS) is 15.5. The van der Waals surface area contributed by atoms with Gasteiger partial charge in [-0.15, -0.1) is 0 Å². The van der Waals surface area contributed by atoms with E-state index in [1.807, 2.05) is 0 Å². The van der Waals surface area contributed by atoms with Gasteiger partial charge < -0.3 is 10.6 Å². The molecule has 0 aliphatic carbocycles. The van der Waals surface area contributed by atoms with Gasteiger partial charge in [-0.1, -0.05) is 23.7 Å². The Balaban J connectivity index is 1.70. The molecule has 1 aromatic heterocycles. The Hall–Kier alpha value is -3.33. The van der Waals surface area contributed by atoms with E-state index in [2.05, 4.69) is 15.7 Å². The van der Waals surface area contributed by atoms with Crippen molar-refractivity contribution in [2.45, 2.75) is 19.4 Å². The molecule has 6 nitrogen and oxygen atoms in total. The molecule has 154 valence electrons. The Bertz CT molecular complexity index is 1170. The van der Waals surface area contributed by atoms with Crippen LogP contribution in [-0.2, 0) is 9.59 Å². The number of aromatic nitrogens is 2. The number of hydrogen-bond donors (Lipinski definition) is 2. The summed E-state index contributed by atoms with van der Waals surface area (Å²) < 4.78 is 41.4. The van der Waals surface area contributed by atoms with Crippen molar-refractivity contribution in [3.05, 3.63) is 64.4 Å². The van der Waals surface area contributed by atoms with E-state index in [1.165, 1.54) is 4.68 Å². The first kappa shape index (κ1) is 20.0. The average molecular weight is 435 g/mol. The number of anilines is 2. The van der Waals surface area contributed by atoms with Crippen LogP contribution in [0.25, 0.3) is 11.3 Å². The second kappa shape index (κ2) is 7.49. The Morgan fingerprint density at radius 2 is 1.93 bits per heavy atom. The number of rotatable bonds is 3. The number of amides is 2. The molecule has 0 bridgehead atoms. The molecular formula is C20H14ClF3N4O2. The van der Waals surface area contributed by atoms with Crippen molar-refractivity contribution in [3.63, 3.8) is 0 Å². The lowest BCUT2D eigenvalue weighted by Crippen LogP contribution is -2.36. The third-order valence-corrected chi connectivity index (χ3v) is 4.97. The Labute approximate surface area is 173 Å². The summed E-state index contributed by atoms with van der Waals surface area (Å²) in [7, 11) is 0. The molecule has 2 amide bonds. The van der Waals surface area contributed by atoms with E-state index in [0.29, 0.717) is 39.8 Å². The minimum atomic E-state index is -1.64. The standard InChI is InChI=1S/C20H14ClF3N4O2/c1-9-18(10-3-2-4-11(21)5-10)27-28-15(8-16(29)26-19(9)28)20(30)25-12-6-13(22)17(24)14(23)7-12/h2-7,15H,8H2,1H3,(H,25,30)(H,26,29)/t15-/m0/s1. The van der Waals surface area contributed by atoms with Gasteiger partial charge in [0.2, 0.25) is 11.8 Å². The van der Waals surface area contributed by atoms with Gasteiger partial charge in [-0.05, 0) is 19.1 Å². The van der Waals surface area contributed by atoms with Gasteiger partial charge in [0.05, 0.1) is 12.1 Å². The Kier molecular flexibility index (Phi) is 4.98. The molecule has 2 N–H and O–H groups in total. The molecule has 0 fully saturated rings. The molecule has 10 heteroatoms. The molecule has 3 aromatic rings. The van der Waals surface area contributed by atoms with Crippen LogP contribution < -0.4 is 10.6 Å². The van der Waals surface area contributed by atoms with Gasteiger partial charge in [0.1, 0.15) is 11.9 Å². The lowest BCUT2D eigenvalue weighted by Gasteiger charge is -2.24. The van der Waals surface area contributed by atoms with Crippen LogP contribution in [0.4, 0.5) is 24.7 Å². The van der Waals surface area contributed by atoms with Gasteiger partial charge in [-0.3, -0.25) is 9.59 Å². The van der Waals surface area contributed by atoms with Gasteiger partial charge in [-0.25, -0.2) is 17.9 Å². The van der Waals surface area contributed by atoms with Crippen LogP contribution >= 0.6 is 11.6 Å². The quantitative estimate of drug-likeness (QED) is 0.598. The number of nitrogens with zero attached hydrogens (tertiary/aromatic N) is 2. The van der Waals surface area contributed by atoms with Crippen molar-refractivity contribution in [3.8, 4) is 11.3 Å². The summed E-state index contributed by atoms with van der Waals surface area (Å²) in [5, 5.41) is 9.96. The van der Waals surface area contributed by atoms with E-state index in [9.17, 15) is 22.8 Å². The van der Waals surface area contributed by atoms with Crippen LogP contribution in [0.15, 0.2) is 36.4 Å². The summed E-state index contributed by atoms with van der Waals surface area (Å²) in [6.07, 6.45) is -0.235. The van der Waals surface area contributed by atoms with Crippen molar-refractivity contribution in [2.75, 3.05) is 10.6 Å². The highest BCUT2D eigenvalue weighted by Crippen LogP contribution is 2.35. The summed E-state index contributed by atoms with van der Waals surface area (Å²) in [6, 6.07) is 7.18. The molecule has 0 unspecified atom stereocenters. The number of benzene rings is 2. The van der Waals surface area contributed by atoms with Crippen LogP contribution in [-0.4, -0.2) is 21.6 Å². The number of nitrogens with one attached hydrogen (secondary N) is 2. The maximum Gasteiger partial charge on any atom is 0.249 e.